The number of hydrogen-bond acceptors (Lipinski definition) is 2. The number of hydrogen-bond donors (Lipinski definition) is 1. The topological polar surface area (TPSA) is 40.5 Å². The van der Waals surface area contributed by atoms with Crippen molar-refractivity contribution in [3.63, 3.8) is 0 Å². The molecule has 0 bridgehead atoms. The van der Waals surface area contributed by atoms with Crippen LogP contribution in [0.5, 0.6) is 5.75 Å². The standard InChI is InChI=1S/C12H14F3NO2/c1-3-16(4-2)11(18)9-6-5-8(7-10(9)17)12(13,14)15/h5-7,17H,3-4H2,1-2H3. The van der Waals surface area contributed by atoms with E-state index in [4.69, 9.17) is 0 Å². The molecule has 6 heteroatoms. The van der Waals surface area contributed by atoms with Gasteiger partial charge in [-0.25, -0.2) is 0 Å². The summed E-state index contributed by atoms with van der Waals surface area (Å²) in [4.78, 5) is 13.3. The number of aromatic hydroxyl groups is 1. The minimum Gasteiger partial charge on any atom is -0.507 e. The van der Waals surface area contributed by atoms with Gasteiger partial charge in [-0.2, -0.15) is 13.2 Å². The number of phenols is 1. The van der Waals surface area contributed by atoms with E-state index < -0.39 is 23.4 Å². The Kier molecular flexibility index (Phi) is 4.21. The molecule has 0 fully saturated rings. The maximum atomic E-state index is 12.4. The van der Waals surface area contributed by atoms with Crippen molar-refractivity contribution in [2.75, 3.05) is 13.1 Å². The van der Waals surface area contributed by atoms with E-state index in [1.165, 1.54) is 4.90 Å². The zero-order valence-corrected chi connectivity index (χ0v) is 10.1. The van der Waals surface area contributed by atoms with Gasteiger partial charge in [-0.3, -0.25) is 4.79 Å². The highest BCUT2D eigenvalue weighted by Crippen LogP contribution is 2.32. The van der Waals surface area contributed by atoms with Crippen LogP contribution in [0.15, 0.2) is 18.2 Å². The van der Waals surface area contributed by atoms with Gasteiger partial charge in [0.1, 0.15) is 5.75 Å². The summed E-state index contributed by atoms with van der Waals surface area (Å²) in [5.74, 6) is -1.13. The molecule has 1 rings (SSSR count). The Hall–Kier alpha value is -1.72. The fourth-order valence-electron chi connectivity index (χ4n) is 1.57. The third-order valence-electron chi connectivity index (χ3n) is 2.61. The Balaban J connectivity index is 3.10. The van der Waals surface area contributed by atoms with Gasteiger partial charge in [-0.05, 0) is 32.0 Å². The zero-order chi connectivity index (χ0) is 13.9. The van der Waals surface area contributed by atoms with Gasteiger partial charge in [0.2, 0.25) is 0 Å². The van der Waals surface area contributed by atoms with Crippen LogP contribution in [-0.4, -0.2) is 29.0 Å². The van der Waals surface area contributed by atoms with Crippen molar-refractivity contribution in [3.8, 4) is 5.75 Å². The predicted octanol–water partition coefficient (Wildman–Crippen LogP) is 2.89. The van der Waals surface area contributed by atoms with Crippen molar-refractivity contribution < 1.29 is 23.1 Å². The number of phenolic OH excluding ortho intramolecular Hbond substituents is 1. The lowest BCUT2D eigenvalue weighted by molar-refractivity contribution is -0.137. The fraction of sp³-hybridized carbons (Fsp3) is 0.417. The molecule has 0 aliphatic rings. The van der Waals surface area contributed by atoms with Crippen LogP contribution in [0.4, 0.5) is 13.2 Å². The summed E-state index contributed by atoms with van der Waals surface area (Å²) in [6, 6.07) is 2.35. The van der Waals surface area contributed by atoms with E-state index in [2.05, 4.69) is 0 Å². The second-order valence-electron chi connectivity index (χ2n) is 3.71. The summed E-state index contributed by atoms with van der Waals surface area (Å²) < 4.78 is 37.2. The van der Waals surface area contributed by atoms with E-state index in [0.29, 0.717) is 19.2 Å². The van der Waals surface area contributed by atoms with Crippen molar-refractivity contribution in [1.82, 2.24) is 4.90 Å². The van der Waals surface area contributed by atoms with Gasteiger partial charge < -0.3 is 10.0 Å². The average molecular weight is 261 g/mol. The highest BCUT2D eigenvalue weighted by Gasteiger charge is 2.31. The molecule has 3 nitrogen and oxygen atoms in total. The fourth-order valence-corrected chi connectivity index (χ4v) is 1.57. The Bertz CT molecular complexity index is 439. The van der Waals surface area contributed by atoms with Gasteiger partial charge in [0.05, 0.1) is 11.1 Å². The lowest BCUT2D eigenvalue weighted by Gasteiger charge is -2.19. The Morgan fingerprint density at radius 2 is 1.83 bits per heavy atom. The molecule has 0 saturated heterocycles. The van der Waals surface area contributed by atoms with Crippen LogP contribution in [0.2, 0.25) is 0 Å². The number of benzene rings is 1. The molecule has 0 saturated carbocycles. The second-order valence-corrected chi connectivity index (χ2v) is 3.71. The van der Waals surface area contributed by atoms with E-state index in [1.54, 1.807) is 13.8 Å². The number of carbonyl (C=O) groups excluding carboxylic acids is 1. The van der Waals surface area contributed by atoms with Crippen molar-refractivity contribution in [2.24, 2.45) is 0 Å². The van der Waals surface area contributed by atoms with E-state index in [-0.39, 0.29) is 5.56 Å². The largest absolute Gasteiger partial charge is 0.507 e. The number of nitrogens with zero attached hydrogens (tertiary/aromatic N) is 1. The molecule has 18 heavy (non-hydrogen) atoms. The molecule has 1 amide bonds. The molecule has 1 aromatic rings. The van der Waals surface area contributed by atoms with Crippen molar-refractivity contribution in [2.45, 2.75) is 20.0 Å². The first-order valence-electron chi connectivity index (χ1n) is 5.50. The molecule has 0 aliphatic carbocycles. The number of halogens is 3. The predicted molar refractivity (Wildman–Crippen MR) is 60.4 cm³/mol. The lowest BCUT2D eigenvalue weighted by atomic mass is 10.1. The van der Waals surface area contributed by atoms with Gasteiger partial charge >= 0.3 is 6.18 Å². The number of rotatable bonds is 3. The molecule has 100 valence electrons. The highest BCUT2D eigenvalue weighted by atomic mass is 19.4. The van der Waals surface area contributed by atoms with Crippen molar-refractivity contribution in [3.05, 3.63) is 29.3 Å². The van der Waals surface area contributed by atoms with E-state index in [1.807, 2.05) is 0 Å². The molecule has 0 unspecified atom stereocenters. The Labute approximate surface area is 103 Å². The summed E-state index contributed by atoms with van der Waals surface area (Å²) in [5, 5.41) is 9.52. The van der Waals surface area contributed by atoms with Crippen LogP contribution in [0, 0.1) is 0 Å². The smallest absolute Gasteiger partial charge is 0.416 e. The van der Waals surface area contributed by atoms with E-state index >= 15 is 0 Å². The number of carbonyl (C=O) groups is 1. The molecule has 0 radical (unpaired) electrons. The summed E-state index contributed by atoms with van der Waals surface area (Å²) in [6.07, 6.45) is -4.53. The molecule has 1 N–H and O–H groups in total. The third-order valence-corrected chi connectivity index (χ3v) is 2.61. The molecule has 0 aliphatic heterocycles. The zero-order valence-electron chi connectivity index (χ0n) is 10.1. The van der Waals surface area contributed by atoms with E-state index in [9.17, 15) is 23.1 Å². The maximum Gasteiger partial charge on any atom is 0.416 e. The Morgan fingerprint density at radius 1 is 1.28 bits per heavy atom. The summed E-state index contributed by atoms with van der Waals surface area (Å²) >= 11 is 0. The molecule has 0 aromatic heterocycles. The van der Waals surface area contributed by atoms with Gasteiger partial charge in [0.25, 0.3) is 5.91 Å². The molecular weight excluding hydrogens is 247 g/mol. The van der Waals surface area contributed by atoms with E-state index in [0.717, 1.165) is 12.1 Å². The van der Waals surface area contributed by atoms with Gasteiger partial charge in [-0.1, -0.05) is 0 Å². The molecule has 0 spiro atoms. The first-order valence-corrected chi connectivity index (χ1v) is 5.50. The highest BCUT2D eigenvalue weighted by molar-refractivity contribution is 5.96. The number of amides is 1. The Morgan fingerprint density at radius 3 is 2.22 bits per heavy atom. The van der Waals surface area contributed by atoms with Crippen LogP contribution in [0.3, 0.4) is 0 Å². The van der Waals surface area contributed by atoms with Gasteiger partial charge in [-0.15, -0.1) is 0 Å². The van der Waals surface area contributed by atoms with Crippen molar-refractivity contribution >= 4 is 5.91 Å². The molecule has 1 aromatic carbocycles. The summed E-state index contributed by atoms with van der Waals surface area (Å²) in [6.45, 7) is 4.36. The summed E-state index contributed by atoms with van der Waals surface area (Å²) in [5.41, 5.74) is -1.09. The minimum absolute atomic E-state index is 0.119. The van der Waals surface area contributed by atoms with Crippen LogP contribution >= 0.6 is 0 Å². The number of alkyl halides is 3. The van der Waals surface area contributed by atoms with Crippen LogP contribution < -0.4 is 0 Å². The molecule has 0 heterocycles. The normalized spacial score (nSPS) is 11.4. The van der Waals surface area contributed by atoms with Crippen LogP contribution in [0.25, 0.3) is 0 Å². The van der Waals surface area contributed by atoms with Crippen LogP contribution in [-0.2, 0) is 6.18 Å². The SMILES string of the molecule is CCN(CC)C(=O)c1ccc(C(F)(F)F)cc1O. The lowest BCUT2D eigenvalue weighted by Crippen LogP contribution is -2.30. The quantitative estimate of drug-likeness (QED) is 0.908. The van der Waals surface area contributed by atoms with Crippen LogP contribution in [0.1, 0.15) is 29.8 Å². The van der Waals surface area contributed by atoms with Gasteiger partial charge in [0, 0.05) is 13.1 Å². The second kappa shape index (κ2) is 5.29. The monoisotopic (exact) mass is 261 g/mol. The molecule has 0 atom stereocenters. The maximum absolute atomic E-state index is 12.4. The first-order chi connectivity index (χ1) is 8.31. The summed E-state index contributed by atoms with van der Waals surface area (Å²) in [7, 11) is 0. The molecular formula is C12H14F3NO2. The first kappa shape index (κ1) is 14.3. The minimum atomic E-state index is -4.53. The third kappa shape index (κ3) is 2.94. The van der Waals surface area contributed by atoms with Gasteiger partial charge in [0.15, 0.2) is 0 Å². The average Bonchev–Trinajstić information content (AvgIpc) is 2.29. The van der Waals surface area contributed by atoms with Crippen molar-refractivity contribution in [1.29, 1.82) is 0 Å².